The first kappa shape index (κ1) is 15.3. The summed E-state index contributed by atoms with van der Waals surface area (Å²) in [7, 11) is 1.67. The second-order valence-electron chi connectivity index (χ2n) is 6.74. The molecule has 0 atom stereocenters. The fourth-order valence-corrected chi connectivity index (χ4v) is 4.16. The molecule has 0 saturated heterocycles. The number of benzene rings is 1. The van der Waals surface area contributed by atoms with Gasteiger partial charge in [0.1, 0.15) is 11.6 Å². The molecule has 4 rings (SSSR count). The molecule has 1 aliphatic heterocycles. The van der Waals surface area contributed by atoms with E-state index in [1.54, 1.807) is 13.3 Å². The van der Waals surface area contributed by atoms with Gasteiger partial charge in [0.25, 0.3) is 0 Å². The summed E-state index contributed by atoms with van der Waals surface area (Å²) < 4.78 is 5.22. The van der Waals surface area contributed by atoms with Crippen molar-refractivity contribution in [2.45, 2.75) is 24.8 Å². The summed E-state index contributed by atoms with van der Waals surface area (Å²) in [6.45, 7) is 1.70. The molecule has 122 valence electrons. The quantitative estimate of drug-likeness (QED) is 0.850. The number of nitriles is 1. The topological polar surface area (TPSA) is 49.1 Å². The zero-order valence-electron chi connectivity index (χ0n) is 13.5. The molecule has 0 unspecified atom stereocenters. The van der Waals surface area contributed by atoms with Crippen LogP contribution in [-0.4, -0.2) is 18.6 Å². The van der Waals surface area contributed by atoms with Gasteiger partial charge in [-0.15, -0.1) is 0 Å². The number of rotatable bonds is 3. The maximum Gasteiger partial charge on any atom is 0.132 e. The third-order valence-electron chi connectivity index (χ3n) is 5.19. The average molecular weight is 340 g/mol. The molecule has 0 radical (unpaired) electrons. The molecule has 1 aromatic carbocycles. The van der Waals surface area contributed by atoms with E-state index in [0.29, 0.717) is 5.02 Å². The standard InChI is InChI=1S/C19H18ClN3O/c1-24-16-4-2-13(3-5-16)11-23-12-19(7-14(8-19)9-21)17-6-15(20)10-22-18(17)23/h2-6,10,14H,7-8,11-12H2,1H3. The summed E-state index contributed by atoms with van der Waals surface area (Å²) in [5.41, 5.74) is 2.46. The van der Waals surface area contributed by atoms with Crippen LogP contribution in [0.5, 0.6) is 5.75 Å². The van der Waals surface area contributed by atoms with Gasteiger partial charge in [-0.1, -0.05) is 23.7 Å². The maximum atomic E-state index is 9.17. The molecule has 1 aromatic heterocycles. The first-order valence-electron chi connectivity index (χ1n) is 8.07. The van der Waals surface area contributed by atoms with Crippen LogP contribution in [0.15, 0.2) is 36.5 Å². The number of nitrogens with zero attached hydrogens (tertiary/aromatic N) is 3. The zero-order valence-corrected chi connectivity index (χ0v) is 14.3. The highest BCUT2D eigenvalue weighted by molar-refractivity contribution is 6.30. The smallest absolute Gasteiger partial charge is 0.132 e. The highest BCUT2D eigenvalue weighted by Crippen LogP contribution is 2.55. The summed E-state index contributed by atoms with van der Waals surface area (Å²) in [5.74, 6) is 2.02. The normalized spacial score (nSPS) is 24.4. The number of fused-ring (bicyclic) bond motifs is 2. The van der Waals surface area contributed by atoms with Crippen LogP contribution in [0, 0.1) is 17.2 Å². The Balaban J connectivity index is 1.62. The van der Waals surface area contributed by atoms with Crippen molar-refractivity contribution in [3.63, 3.8) is 0 Å². The lowest BCUT2D eigenvalue weighted by Crippen LogP contribution is -2.44. The summed E-state index contributed by atoms with van der Waals surface area (Å²) in [6, 6.07) is 12.5. The van der Waals surface area contributed by atoms with Crippen molar-refractivity contribution in [3.8, 4) is 11.8 Å². The van der Waals surface area contributed by atoms with E-state index in [9.17, 15) is 0 Å². The third kappa shape index (κ3) is 2.40. The minimum Gasteiger partial charge on any atom is -0.497 e. The number of methoxy groups -OCH3 is 1. The van der Waals surface area contributed by atoms with Crippen LogP contribution >= 0.6 is 11.6 Å². The summed E-state index contributed by atoms with van der Waals surface area (Å²) >= 11 is 6.18. The summed E-state index contributed by atoms with van der Waals surface area (Å²) in [5, 5.41) is 9.83. The van der Waals surface area contributed by atoms with Crippen molar-refractivity contribution in [3.05, 3.63) is 52.7 Å². The highest BCUT2D eigenvalue weighted by Gasteiger charge is 2.52. The fraction of sp³-hybridized carbons (Fsp3) is 0.368. The molecule has 1 aliphatic carbocycles. The lowest BCUT2D eigenvalue weighted by atomic mass is 9.60. The highest BCUT2D eigenvalue weighted by atomic mass is 35.5. The van der Waals surface area contributed by atoms with E-state index >= 15 is 0 Å². The van der Waals surface area contributed by atoms with Gasteiger partial charge in [0.2, 0.25) is 0 Å². The number of hydrogen-bond acceptors (Lipinski definition) is 4. The Morgan fingerprint density at radius 2 is 2.12 bits per heavy atom. The predicted octanol–water partition coefficient (Wildman–Crippen LogP) is 3.94. The van der Waals surface area contributed by atoms with E-state index in [0.717, 1.165) is 37.5 Å². The van der Waals surface area contributed by atoms with Crippen molar-refractivity contribution in [2.75, 3.05) is 18.6 Å². The van der Waals surface area contributed by atoms with Gasteiger partial charge in [0.15, 0.2) is 0 Å². The minimum absolute atomic E-state index is 0.0418. The predicted molar refractivity (Wildman–Crippen MR) is 93.3 cm³/mol. The Morgan fingerprint density at radius 1 is 1.38 bits per heavy atom. The Hall–Kier alpha value is -2.25. The van der Waals surface area contributed by atoms with Crippen LogP contribution in [0.1, 0.15) is 24.0 Å². The number of anilines is 1. The zero-order chi connectivity index (χ0) is 16.7. The molecule has 0 N–H and O–H groups in total. The summed E-state index contributed by atoms with van der Waals surface area (Å²) in [4.78, 5) is 6.89. The number of pyridine rings is 1. The van der Waals surface area contributed by atoms with Gasteiger partial charge < -0.3 is 9.64 Å². The van der Waals surface area contributed by atoms with Gasteiger partial charge in [0, 0.05) is 36.2 Å². The molecule has 2 heterocycles. The molecule has 4 nitrogen and oxygen atoms in total. The van der Waals surface area contributed by atoms with Crippen molar-refractivity contribution >= 4 is 17.4 Å². The fourth-order valence-electron chi connectivity index (χ4n) is 4.01. The molecule has 0 bridgehead atoms. The Morgan fingerprint density at radius 3 is 2.79 bits per heavy atom. The van der Waals surface area contributed by atoms with Gasteiger partial charge in [0.05, 0.1) is 18.2 Å². The summed E-state index contributed by atoms with van der Waals surface area (Å²) in [6.07, 6.45) is 3.51. The molecular formula is C19H18ClN3O. The van der Waals surface area contributed by atoms with Crippen LogP contribution in [0.25, 0.3) is 0 Å². The largest absolute Gasteiger partial charge is 0.497 e. The van der Waals surface area contributed by atoms with Crippen LogP contribution in [-0.2, 0) is 12.0 Å². The lowest BCUT2D eigenvalue weighted by molar-refractivity contribution is 0.202. The van der Waals surface area contributed by atoms with Gasteiger partial charge in [-0.25, -0.2) is 4.98 Å². The first-order valence-corrected chi connectivity index (χ1v) is 8.45. The van der Waals surface area contributed by atoms with Crippen LogP contribution in [0.3, 0.4) is 0 Å². The lowest BCUT2D eigenvalue weighted by Gasteiger charge is -2.42. The molecule has 1 spiro atoms. The molecule has 2 aliphatic rings. The molecule has 1 fully saturated rings. The monoisotopic (exact) mass is 339 g/mol. The van der Waals surface area contributed by atoms with E-state index in [1.807, 2.05) is 18.2 Å². The van der Waals surface area contributed by atoms with E-state index in [1.165, 1.54) is 11.1 Å². The van der Waals surface area contributed by atoms with E-state index in [2.05, 4.69) is 28.1 Å². The number of ether oxygens (including phenoxy) is 1. The molecular weight excluding hydrogens is 322 g/mol. The average Bonchev–Trinajstić information content (AvgIpc) is 2.88. The second kappa shape index (κ2) is 5.68. The van der Waals surface area contributed by atoms with E-state index in [-0.39, 0.29) is 11.3 Å². The molecule has 0 amide bonds. The third-order valence-corrected chi connectivity index (χ3v) is 5.39. The second-order valence-corrected chi connectivity index (χ2v) is 7.18. The van der Waals surface area contributed by atoms with E-state index < -0.39 is 0 Å². The maximum absolute atomic E-state index is 9.17. The molecule has 5 heteroatoms. The van der Waals surface area contributed by atoms with Crippen molar-refractivity contribution in [2.24, 2.45) is 5.92 Å². The molecule has 2 aromatic rings. The van der Waals surface area contributed by atoms with E-state index in [4.69, 9.17) is 21.6 Å². The van der Waals surface area contributed by atoms with Gasteiger partial charge in [-0.3, -0.25) is 0 Å². The Bertz CT molecular complexity index is 806. The van der Waals surface area contributed by atoms with Crippen LogP contribution in [0.2, 0.25) is 5.02 Å². The number of hydrogen-bond donors (Lipinski definition) is 0. The van der Waals surface area contributed by atoms with Gasteiger partial charge in [-0.2, -0.15) is 5.26 Å². The minimum atomic E-state index is 0.0418. The number of aromatic nitrogens is 1. The molecule has 1 saturated carbocycles. The Labute approximate surface area is 146 Å². The molecule has 24 heavy (non-hydrogen) atoms. The van der Waals surface area contributed by atoms with Crippen molar-refractivity contribution in [1.29, 1.82) is 5.26 Å². The van der Waals surface area contributed by atoms with Crippen LogP contribution in [0.4, 0.5) is 5.82 Å². The van der Waals surface area contributed by atoms with Crippen molar-refractivity contribution < 1.29 is 4.74 Å². The van der Waals surface area contributed by atoms with Gasteiger partial charge in [-0.05, 0) is 36.6 Å². The van der Waals surface area contributed by atoms with Crippen molar-refractivity contribution in [1.82, 2.24) is 4.98 Å². The SMILES string of the molecule is COc1ccc(CN2CC3(CC(C#N)C3)c3cc(Cl)cnc32)cc1. The Kier molecular flexibility index (Phi) is 3.62. The van der Waals surface area contributed by atoms with Gasteiger partial charge >= 0.3 is 0 Å². The first-order chi connectivity index (χ1) is 11.6. The number of halogens is 1. The van der Waals surface area contributed by atoms with Crippen LogP contribution < -0.4 is 9.64 Å².